The van der Waals surface area contributed by atoms with Crippen LogP contribution in [0.15, 0.2) is 39.8 Å². The Morgan fingerprint density at radius 3 is 2.50 bits per heavy atom. The third-order valence-corrected chi connectivity index (χ3v) is 8.85. The van der Waals surface area contributed by atoms with Crippen molar-refractivity contribution >= 4 is 27.3 Å². The molecule has 32 heavy (non-hydrogen) atoms. The molecule has 1 fully saturated rings. The van der Waals surface area contributed by atoms with Crippen LogP contribution in [0.4, 0.5) is 0 Å². The number of hydrogen-bond donors (Lipinski definition) is 1. The molecule has 170 valence electrons. The summed E-state index contributed by atoms with van der Waals surface area (Å²) in [6.45, 7) is 6.60. The van der Waals surface area contributed by atoms with Gasteiger partial charge in [-0.1, -0.05) is 35.0 Å². The molecule has 2 aromatic heterocycles. The minimum Gasteiger partial charge on any atom is -0.352 e. The molecule has 1 aliphatic rings. The van der Waals surface area contributed by atoms with Crippen LogP contribution in [0.25, 0.3) is 10.7 Å². The fourth-order valence-electron chi connectivity index (χ4n) is 3.77. The highest BCUT2D eigenvalue weighted by atomic mass is 32.2. The van der Waals surface area contributed by atoms with Crippen molar-refractivity contribution < 1.29 is 17.7 Å². The normalized spacial score (nSPS) is 15.7. The quantitative estimate of drug-likeness (QED) is 0.587. The Kier molecular flexibility index (Phi) is 6.45. The largest absolute Gasteiger partial charge is 0.352 e. The number of sulfonamides is 1. The fourth-order valence-corrected chi connectivity index (χ4v) is 6.72. The molecule has 0 bridgehead atoms. The van der Waals surface area contributed by atoms with E-state index in [1.165, 1.54) is 21.2 Å². The molecule has 1 aromatic carbocycles. The van der Waals surface area contributed by atoms with Crippen LogP contribution < -0.4 is 5.32 Å². The third-order valence-electron chi connectivity index (χ3n) is 5.65. The number of thiophene rings is 1. The zero-order valence-corrected chi connectivity index (χ0v) is 19.9. The number of amides is 1. The number of aromatic nitrogens is 2. The number of benzene rings is 1. The van der Waals surface area contributed by atoms with Crippen molar-refractivity contribution in [2.45, 2.75) is 45.1 Å². The monoisotopic (exact) mass is 474 g/mol. The van der Waals surface area contributed by atoms with E-state index < -0.39 is 10.0 Å². The summed E-state index contributed by atoms with van der Waals surface area (Å²) in [6.07, 6.45) is 0.998. The number of piperidine rings is 1. The van der Waals surface area contributed by atoms with E-state index in [4.69, 9.17) is 4.52 Å². The maximum absolute atomic E-state index is 13.2. The topological polar surface area (TPSA) is 105 Å². The Labute approximate surface area is 191 Å². The van der Waals surface area contributed by atoms with E-state index in [0.29, 0.717) is 53.9 Å². The fraction of sp³-hybridized carbons (Fsp3) is 0.409. The molecule has 0 saturated carbocycles. The molecule has 0 aliphatic carbocycles. The SMILES string of the molecule is Cc1ccc(CNC(=O)C2CCN(S(=O)(=O)c3cc(-c4noc(C)n4)sc3C)CC2)cc1. The van der Waals surface area contributed by atoms with Crippen molar-refractivity contribution in [2.24, 2.45) is 5.92 Å². The lowest BCUT2D eigenvalue weighted by Crippen LogP contribution is -2.42. The smallest absolute Gasteiger partial charge is 0.244 e. The predicted octanol–water partition coefficient (Wildman–Crippen LogP) is 3.44. The predicted molar refractivity (Wildman–Crippen MR) is 122 cm³/mol. The highest BCUT2D eigenvalue weighted by molar-refractivity contribution is 7.89. The van der Waals surface area contributed by atoms with Crippen molar-refractivity contribution in [2.75, 3.05) is 13.1 Å². The number of carbonyl (C=O) groups excluding carboxylic acids is 1. The number of aryl methyl sites for hydroxylation is 3. The van der Waals surface area contributed by atoms with Crippen LogP contribution >= 0.6 is 11.3 Å². The molecule has 1 amide bonds. The molecule has 0 atom stereocenters. The average molecular weight is 475 g/mol. The van der Waals surface area contributed by atoms with Gasteiger partial charge >= 0.3 is 0 Å². The Morgan fingerprint density at radius 1 is 1.19 bits per heavy atom. The highest BCUT2D eigenvalue weighted by Gasteiger charge is 2.34. The van der Waals surface area contributed by atoms with Crippen LogP contribution in [-0.2, 0) is 21.4 Å². The van der Waals surface area contributed by atoms with Gasteiger partial charge in [0, 0.05) is 37.4 Å². The van der Waals surface area contributed by atoms with Crippen molar-refractivity contribution in [1.82, 2.24) is 19.8 Å². The summed E-state index contributed by atoms with van der Waals surface area (Å²) in [5, 5.41) is 6.86. The highest BCUT2D eigenvalue weighted by Crippen LogP contribution is 2.34. The Hall–Kier alpha value is -2.56. The average Bonchev–Trinajstić information content (AvgIpc) is 3.39. The van der Waals surface area contributed by atoms with Gasteiger partial charge in [-0.25, -0.2) is 8.42 Å². The van der Waals surface area contributed by atoms with Gasteiger partial charge in [-0.05, 0) is 38.3 Å². The van der Waals surface area contributed by atoms with Crippen molar-refractivity contribution in [1.29, 1.82) is 0 Å². The van der Waals surface area contributed by atoms with E-state index in [1.807, 2.05) is 31.2 Å². The van der Waals surface area contributed by atoms with Gasteiger partial charge in [-0.2, -0.15) is 9.29 Å². The Balaban J connectivity index is 1.37. The number of hydrogen-bond acceptors (Lipinski definition) is 7. The zero-order valence-electron chi connectivity index (χ0n) is 18.3. The summed E-state index contributed by atoms with van der Waals surface area (Å²) in [7, 11) is -3.66. The van der Waals surface area contributed by atoms with E-state index in [-0.39, 0.29) is 16.7 Å². The Morgan fingerprint density at radius 2 is 1.88 bits per heavy atom. The van der Waals surface area contributed by atoms with Gasteiger partial charge in [0.05, 0.1) is 9.77 Å². The van der Waals surface area contributed by atoms with Crippen LogP contribution in [0.3, 0.4) is 0 Å². The van der Waals surface area contributed by atoms with Gasteiger partial charge in [0.1, 0.15) is 0 Å². The van der Waals surface area contributed by atoms with Gasteiger partial charge < -0.3 is 9.84 Å². The number of nitrogens with zero attached hydrogens (tertiary/aromatic N) is 3. The van der Waals surface area contributed by atoms with Crippen LogP contribution in [-0.4, -0.2) is 41.9 Å². The molecule has 0 spiro atoms. The third kappa shape index (κ3) is 4.77. The van der Waals surface area contributed by atoms with Gasteiger partial charge in [-0.15, -0.1) is 11.3 Å². The lowest BCUT2D eigenvalue weighted by molar-refractivity contribution is -0.126. The van der Waals surface area contributed by atoms with E-state index in [0.717, 1.165) is 5.56 Å². The minimum atomic E-state index is -3.66. The molecule has 0 unspecified atom stereocenters. The molecular formula is C22H26N4O4S2. The second-order valence-electron chi connectivity index (χ2n) is 8.05. The molecule has 3 heterocycles. The second kappa shape index (κ2) is 9.13. The first-order valence-electron chi connectivity index (χ1n) is 10.5. The maximum atomic E-state index is 13.2. The first kappa shape index (κ1) is 22.6. The van der Waals surface area contributed by atoms with E-state index in [2.05, 4.69) is 15.5 Å². The Bertz CT molecular complexity index is 1210. The summed E-state index contributed by atoms with van der Waals surface area (Å²) in [4.78, 5) is 18.4. The van der Waals surface area contributed by atoms with E-state index in [1.54, 1.807) is 19.9 Å². The van der Waals surface area contributed by atoms with Crippen molar-refractivity contribution in [3.8, 4) is 10.7 Å². The minimum absolute atomic E-state index is 0.0240. The van der Waals surface area contributed by atoms with Crippen molar-refractivity contribution in [3.63, 3.8) is 0 Å². The van der Waals surface area contributed by atoms with Crippen LogP contribution in [0.1, 0.15) is 34.7 Å². The molecule has 8 nitrogen and oxygen atoms in total. The zero-order chi connectivity index (χ0) is 22.9. The summed E-state index contributed by atoms with van der Waals surface area (Å²) >= 11 is 1.33. The van der Waals surface area contributed by atoms with Gasteiger partial charge in [-0.3, -0.25) is 4.79 Å². The van der Waals surface area contributed by atoms with Gasteiger partial charge in [0.2, 0.25) is 27.6 Å². The van der Waals surface area contributed by atoms with Crippen LogP contribution in [0, 0.1) is 26.7 Å². The van der Waals surface area contributed by atoms with E-state index >= 15 is 0 Å². The molecule has 4 rings (SSSR count). The second-order valence-corrected chi connectivity index (χ2v) is 11.2. The number of rotatable bonds is 6. The molecule has 1 aliphatic heterocycles. The van der Waals surface area contributed by atoms with E-state index in [9.17, 15) is 13.2 Å². The number of carbonyl (C=O) groups is 1. The lowest BCUT2D eigenvalue weighted by atomic mass is 9.97. The molecular weight excluding hydrogens is 448 g/mol. The summed E-state index contributed by atoms with van der Waals surface area (Å²) in [5.41, 5.74) is 2.22. The summed E-state index contributed by atoms with van der Waals surface area (Å²) in [5.74, 6) is 0.608. The molecule has 10 heteroatoms. The summed E-state index contributed by atoms with van der Waals surface area (Å²) < 4.78 is 33.0. The molecule has 3 aromatic rings. The first-order valence-corrected chi connectivity index (χ1v) is 12.7. The summed E-state index contributed by atoms with van der Waals surface area (Å²) in [6, 6.07) is 9.64. The number of nitrogens with one attached hydrogen (secondary N) is 1. The first-order chi connectivity index (χ1) is 15.2. The molecule has 1 N–H and O–H groups in total. The maximum Gasteiger partial charge on any atom is 0.244 e. The van der Waals surface area contributed by atoms with Gasteiger partial charge in [0.15, 0.2) is 0 Å². The molecule has 1 saturated heterocycles. The van der Waals surface area contributed by atoms with Gasteiger partial charge in [0.25, 0.3) is 0 Å². The lowest BCUT2D eigenvalue weighted by Gasteiger charge is -2.30. The van der Waals surface area contributed by atoms with Crippen molar-refractivity contribution in [3.05, 3.63) is 52.2 Å². The molecule has 0 radical (unpaired) electrons. The van der Waals surface area contributed by atoms with Crippen LogP contribution in [0.2, 0.25) is 0 Å². The van der Waals surface area contributed by atoms with Crippen LogP contribution in [0.5, 0.6) is 0 Å². The standard InChI is InChI=1S/C22H26N4O4S2/c1-14-4-6-17(7-5-14)13-23-22(27)18-8-10-26(11-9-18)32(28,29)20-12-19(31-15(20)2)21-24-16(3)30-25-21/h4-7,12,18H,8-11,13H2,1-3H3,(H,23,27).